The summed E-state index contributed by atoms with van der Waals surface area (Å²) in [6.07, 6.45) is 0.235. The molecule has 0 amide bonds. The molecule has 0 aromatic heterocycles. The lowest BCUT2D eigenvalue weighted by atomic mass is 10.2. The van der Waals surface area contributed by atoms with E-state index in [0.717, 1.165) is 0 Å². The number of hydrogen-bond donors (Lipinski definition) is 0. The lowest BCUT2D eigenvalue weighted by Crippen LogP contribution is -2.45. The van der Waals surface area contributed by atoms with Crippen LogP contribution in [0.4, 0.5) is 17.6 Å². The zero-order valence-corrected chi connectivity index (χ0v) is 7.95. The van der Waals surface area contributed by atoms with Gasteiger partial charge in [0.15, 0.2) is 5.79 Å². The van der Waals surface area contributed by atoms with Crippen molar-refractivity contribution in [3.8, 4) is 0 Å². The molecule has 6 heteroatoms. The summed E-state index contributed by atoms with van der Waals surface area (Å²) in [5.41, 5.74) is 0. The van der Waals surface area contributed by atoms with Gasteiger partial charge >= 0.3 is 11.8 Å². The molecule has 0 atom stereocenters. The van der Waals surface area contributed by atoms with Crippen LogP contribution in [0.15, 0.2) is 0 Å². The first-order valence-corrected chi connectivity index (χ1v) is 4.26. The van der Waals surface area contributed by atoms with Crippen LogP contribution in [0.1, 0.15) is 20.3 Å². The van der Waals surface area contributed by atoms with Gasteiger partial charge in [-0.1, -0.05) is 6.92 Å². The molecule has 1 fully saturated rings. The zero-order chi connectivity index (χ0) is 11.0. The van der Waals surface area contributed by atoms with Gasteiger partial charge in [0.05, 0.1) is 0 Å². The van der Waals surface area contributed by atoms with E-state index in [2.05, 4.69) is 9.47 Å². The highest BCUT2D eigenvalue weighted by Gasteiger charge is 2.59. The monoisotopic (exact) mass is 216 g/mol. The average Bonchev–Trinajstić information content (AvgIpc) is 2.18. The summed E-state index contributed by atoms with van der Waals surface area (Å²) in [5.74, 6) is -9.68. The molecule has 0 aromatic rings. The summed E-state index contributed by atoms with van der Waals surface area (Å²) in [6, 6.07) is 0. The lowest BCUT2D eigenvalue weighted by molar-refractivity contribution is -0.225. The molecule has 0 spiro atoms. The van der Waals surface area contributed by atoms with Gasteiger partial charge in [0.25, 0.3) is 0 Å². The molecule has 1 rings (SSSR count). The quantitative estimate of drug-likeness (QED) is 0.627. The fraction of sp³-hybridized carbons (Fsp3) is 1.00. The summed E-state index contributed by atoms with van der Waals surface area (Å²) < 4.78 is 60.3. The minimum absolute atomic E-state index is 0.235. The maximum Gasteiger partial charge on any atom is 0.335 e. The Balaban J connectivity index is 2.82. The Bertz CT molecular complexity index is 199. The van der Waals surface area contributed by atoms with Crippen LogP contribution in [0.5, 0.6) is 0 Å². The third-order valence-electron chi connectivity index (χ3n) is 2.29. The van der Waals surface area contributed by atoms with Crippen molar-refractivity contribution in [1.29, 1.82) is 0 Å². The van der Waals surface area contributed by atoms with Crippen LogP contribution in [0.3, 0.4) is 0 Å². The van der Waals surface area contributed by atoms with E-state index in [1.807, 2.05) is 0 Å². The second-order valence-corrected chi connectivity index (χ2v) is 3.47. The van der Waals surface area contributed by atoms with Crippen molar-refractivity contribution < 1.29 is 27.0 Å². The maximum absolute atomic E-state index is 12.8. The first-order valence-electron chi connectivity index (χ1n) is 4.26. The molecule has 1 aliphatic rings. The average molecular weight is 216 g/mol. The van der Waals surface area contributed by atoms with Gasteiger partial charge < -0.3 is 9.47 Å². The van der Waals surface area contributed by atoms with E-state index in [4.69, 9.17) is 0 Å². The molecule has 0 bridgehead atoms. The summed E-state index contributed by atoms with van der Waals surface area (Å²) in [7, 11) is 0. The van der Waals surface area contributed by atoms with Gasteiger partial charge in [0, 0.05) is 0 Å². The van der Waals surface area contributed by atoms with E-state index >= 15 is 0 Å². The molecule has 0 aromatic carbocycles. The van der Waals surface area contributed by atoms with Crippen LogP contribution in [0.25, 0.3) is 0 Å². The summed E-state index contributed by atoms with van der Waals surface area (Å²) in [4.78, 5) is 0. The summed E-state index contributed by atoms with van der Waals surface area (Å²) in [6.45, 7) is 0.348. The predicted molar refractivity (Wildman–Crippen MR) is 40.5 cm³/mol. The van der Waals surface area contributed by atoms with Gasteiger partial charge in [-0.05, 0) is 13.3 Å². The van der Waals surface area contributed by atoms with Crippen LogP contribution >= 0.6 is 0 Å². The molecule has 1 saturated heterocycles. The first kappa shape index (κ1) is 11.7. The highest BCUT2D eigenvalue weighted by Crippen LogP contribution is 2.39. The number of ether oxygens (including phenoxy) is 2. The van der Waals surface area contributed by atoms with Crippen molar-refractivity contribution in [2.75, 3.05) is 13.2 Å². The number of alkyl halides is 4. The van der Waals surface area contributed by atoms with Crippen LogP contribution in [0, 0.1) is 0 Å². The van der Waals surface area contributed by atoms with E-state index in [1.54, 1.807) is 6.92 Å². The second-order valence-electron chi connectivity index (χ2n) is 3.47. The Labute approximate surface area is 79.2 Å². The first-order chi connectivity index (χ1) is 6.22. The van der Waals surface area contributed by atoms with E-state index < -0.39 is 30.8 Å². The normalized spacial score (nSPS) is 29.6. The fourth-order valence-corrected chi connectivity index (χ4v) is 0.944. The molecular formula is C8H12F4O2. The minimum Gasteiger partial charge on any atom is -0.344 e. The molecular weight excluding hydrogens is 204 g/mol. The van der Waals surface area contributed by atoms with Gasteiger partial charge in [-0.2, -0.15) is 17.6 Å². The Morgan fingerprint density at radius 1 is 1.00 bits per heavy atom. The molecule has 1 aliphatic heterocycles. The molecule has 0 saturated carbocycles. The molecule has 84 valence electrons. The largest absolute Gasteiger partial charge is 0.344 e. The molecule has 2 nitrogen and oxygen atoms in total. The molecule has 0 radical (unpaired) electrons. The summed E-state index contributed by atoms with van der Waals surface area (Å²) >= 11 is 0. The number of hydrogen-bond acceptors (Lipinski definition) is 2. The van der Waals surface area contributed by atoms with Gasteiger partial charge in [-0.25, -0.2) is 0 Å². The van der Waals surface area contributed by atoms with Crippen molar-refractivity contribution in [2.45, 2.75) is 37.9 Å². The van der Waals surface area contributed by atoms with E-state index in [9.17, 15) is 17.6 Å². The van der Waals surface area contributed by atoms with Crippen LogP contribution in [-0.2, 0) is 9.47 Å². The third-order valence-corrected chi connectivity index (χ3v) is 2.29. The fourth-order valence-electron chi connectivity index (χ4n) is 0.944. The van der Waals surface area contributed by atoms with E-state index in [-0.39, 0.29) is 6.42 Å². The predicted octanol–water partition coefficient (Wildman–Crippen LogP) is 2.43. The SMILES string of the molecule is CCC1(C)OCC(F)(F)C(F)(F)CO1. The van der Waals surface area contributed by atoms with Crippen molar-refractivity contribution in [2.24, 2.45) is 0 Å². The maximum atomic E-state index is 12.8. The third kappa shape index (κ3) is 2.00. The highest BCUT2D eigenvalue weighted by molar-refractivity contribution is 4.88. The second kappa shape index (κ2) is 3.34. The van der Waals surface area contributed by atoms with Crippen molar-refractivity contribution >= 4 is 0 Å². The van der Waals surface area contributed by atoms with Crippen molar-refractivity contribution in [1.82, 2.24) is 0 Å². The highest BCUT2D eigenvalue weighted by atomic mass is 19.3. The molecule has 0 N–H and O–H groups in total. The molecule has 0 aliphatic carbocycles. The molecule has 14 heavy (non-hydrogen) atoms. The van der Waals surface area contributed by atoms with Gasteiger partial charge in [-0.15, -0.1) is 0 Å². The lowest BCUT2D eigenvalue weighted by Gasteiger charge is -2.25. The Morgan fingerprint density at radius 3 is 1.64 bits per heavy atom. The van der Waals surface area contributed by atoms with Crippen LogP contribution in [0.2, 0.25) is 0 Å². The number of halogens is 4. The van der Waals surface area contributed by atoms with Crippen LogP contribution in [-0.4, -0.2) is 30.8 Å². The standard InChI is InChI=1S/C8H12F4O2/c1-3-6(2)13-4-7(9,10)8(11,12)5-14-6/h3-5H2,1-2H3. The minimum atomic E-state index is -4.17. The Kier molecular flexibility index (Phi) is 2.80. The smallest absolute Gasteiger partial charge is 0.335 e. The Hall–Kier alpha value is -0.360. The van der Waals surface area contributed by atoms with E-state index in [1.165, 1.54) is 6.92 Å². The van der Waals surface area contributed by atoms with Gasteiger partial charge in [-0.3, -0.25) is 0 Å². The topological polar surface area (TPSA) is 18.5 Å². The molecule has 1 heterocycles. The molecule has 0 unspecified atom stereocenters. The van der Waals surface area contributed by atoms with Gasteiger partial charge in [0.2, 0.25) is 0 Å². The Morgan fingerprint density at radius 2 is 1.36 bits per heavy atom. The van der Waals surface area contributed by atoms with E-state index in [0.29, 0.717) is 0 Å². The van der Waals surface area contributed by atoms with Gasteiger partial charge in [0.1, 0.15) is 13.2 Å². The zero-order valence-electron chi connectivity index (χ0n) is 7.95. The van der Waals surface area contributed by atoms with Crippen molar-refractivity contribution in [3.05, 3.63) is 0 Å². The summed E-state index contributed by atoms with van der Waals surface area (Å²) in [5, 5.41) is 0. The van der Waals surface area contributed by atoms with Crippen molar-refractivity contribution in [3.63, 3.8) is 0 Å². The van der Waals surface area contributed by atoms with Crippen LogP contribution < -0.4 is 0 Å². The number of rotatable bonds is 1.